The van der Waals surface area contributed by atoms with Gasteiger partial charge < -0.3 is 77.5 Å². The van der Waals surface area contributed by atoms with Crippen LogP contribution in [0.1, 0.15) is 0 Å². The smallest absolute Gasteiger partial charge is 0.548 e. The van der Waals surface area contributed by atoms with Crippen LogP contribution in [-0.4, -0.2) is 132 Å². The second-order valence-corrected chi connectivity index (χ2v) is 5.67. The van der Waals surface area contributed by atoms with E-state index in [1.807, 2.05) is 0 Å². The van der Waals surface area contributed by atoms with Crippen LogP contribution in [0.25, 0.3) is 0 Å². The third kappa shape index (κ3) is 72.0. The van der Waals surface area contributed by atoms with Crippen molar-refractivity contribution in [1.82, 2.24) is 0 Å². The number of methoxy groups -OCH3 is 4. The van der Waals surface area contributed by atoms with Crippen LogP contribution in [0.4, 0.5) is 0 Å². The molecule has 0 N–H and O–H groups in total. The number of hydrogen-bond donors (Lipinski definition) is 0. The second-order valence-electron chi connectivity index (χ2n) is 5.67. The van der Waals surface area contributed by atoms with Gasteiger partial charge in [-0.05, 0) is 0 Å². The average Bonchev–Trinajstić information content (AvgIpc) is 2.81. The Kier molecular flexibility index (Phi) is 50.6. The molecule has 0 atom stereocenters. The van der Waals surface area contributed by atoms with Crippen LogP contribution in [-0.2, 0) is 78.8 Å². The first-order chi connectivity index (χ1) is 17.1. The van der Waals surface area contributed by atoms with E-state index in [-0.39, 0.29) is 48.1 Å². The number of ether oxygens (including phenoxy) is 8. The fourth-order valence-electron chi connectivity index (χ4n) is 1.19. The molecule has 0 rings (SSSR count). The normalized spacial score (nSPS) is 9.19. The van der Waals surface area contributed by atoms with Gasteiger partial charge in [-0.25, -0.2) is 0 Å². The average molecular weight is 580 g/mol. The van der Waals surface area contributed by atoms with Gasteiger partial charge in [0, 0.05) is 28.4 Å². The van der Waals surface area contributed by atoms with Crippen molar-refractivity contribution in [2.24, 2.45) is 0 Å². The van der Waals surface area contributed by atoms with Gasteiger partial charge in [-0.15, -0.1) is 0 Å². The third-order valence-corrected chi connectivity index (χ3v) is 2.61. The molecule has 216 valence electrons. The maximum Gasteiger partial charge on any atom is 4.00 e. The van der Waals surface area contributed by atoms with Crippen LogP contribution in [0.3, 0.4) is 0 Å². The van der Waals surface area contributed by atoms with Gasteiger partial charge in [-0.1, -0.05) is 0 Å². The number of aliphatic carboxylic acids is 4. The van der Waals surface area contributed by atoms with E-state index in [0.717, 1.165) is 0 Å². The Morgan fingerprint density at radius 3 is 0.676 bits per heavy atom. The van der Waals surface area contributed by atoms with Gasteiger partial charge in [0.25, 0.3) is 0 Å². The summed E-state index contributed by atoms with van der Waals surface area (Å²) >= 11 is 0. The van der Waals surface area contributed by atoms with Gasteiger partial charge in [-0.2, -0.15) is 0 Å². The summed E-state index contributed by atoms with van der Waals surface area (Å²) < 4.78 is 36.5. The maximum atomic E-state index is 9.69. The van der Waals surface area contributed by atoms with E-state index in [4.69, 9.17) is 0 Å². The molecular formula is C20H36O16Ti. The molecule has 0 aromatic carbocycles. The van der Waals surface area contributed by atoms with Crippen molar-refractivity contribution in [2.45, 2.75) is 0 Å². The Bertz CT molecular complexity index is 419. The van der Waals surface area contributed by atoms with Gasteiger partial charge >= 0.3 is 21.7 Å². The van der Waals surface area contributed by atoms with Crippen LogP contribution >= 0.6 is 0 Å². The number of carboxylic acids is 4. The molecule has 16 nitrogen and oxygen atoms in total. The molecule has 0 aliphatic heterocycles. The van der Waals surface area contributed by atoms with Gasteiger partial charge in [0.15, 0.2) is 0 Å². The van der Waals surface area contributed by atoms with Crippen molar-refractivity contribution in [3.05, 3.63) is 0 Å². The molecule has 0 fully saturated rings. The zero-order chi connectivity index (χ0) is 28.5. The maximum absolute atomic E-state index is 9.69. The van der Waals surface area contributed by atoms with Crippen LogP contribution in [0.15, 0.2) is 0 Å². The van der Waals surface area contributed by atoms with Gasteiger partial charge in [0.05, 0.1) is 103 Å². The van der Waals surface area contributed by atoms with Crippen LogP contribution < -0.4 is 20.4 Å². The Balaban J connectivity index is -0.000000122. The molecule has 0 radical (unpaired) electrons. The summed E-state index contributed by atoms with van der Waals surface area (Å²) in [6, 6.07) is 0. The first-order valence-corrected chi connectivity index (χ1v) is 10.1. The zero-order valence-electron chi connectivity index (χ0n) is 21.5. The minimum atomic E-state index is -1.20. The molecule has 0 aromatic rings. The summed E-state index contributed by atoms with van der Waals surface area (Å²) in [6.07, 6.45) is 0. The molecule has 0 amide bonds. The fourth-order valence-corrected chi connectivity index (χ4v) is 1.19. The van der Waals surface area contributed by atoms with Crippen LogP contribution in [0, 0.1) is 0 Å². The molecule has 0 aliphatic rings. The van der Waals surface area contributed by atoms with Gasteiger partial charge in [0.2, 0.25) is 0 Å². The number of hydrogen-bond acceptors (Lipinski definition) is 16. The summed E-state index contributed by atoms with van der Waals surface area (Å²) in [6.45, 7) is 1.39. The predicted octanol–water partition coefficient (Wildman–Crippen LogP) is -6.41. The Morgan fingerprint density at radius 2 is 0.568 bits per heavy atom. The van der Waals surface area contributed by atoms with E-state index < -0.39 is 23.9 Å². The Labute approximate surface area is 230 Å². The van der Waals surface area contributed by atoms with E-state index in [0.29, 0.717) is 52.9 Å². The summed E-state index contributed by atoms with van der Waals surface area (Å²) in [5, 5.41) is 38.7. The first-order valence-electron chi connectivity index (χ1n) is 10.1. The molecule has 17 heteroatoms. The van der Waals surface area contributed by atoms with Crippen LogP contribution in [0.2, 0.25) is 0 Å². The fraction of sp³-hybridized carbons (Fsp3) is 0.800. The monoisotopic (exact) mass is 580 g/mol. The predicted molar refractivity (Wildman–Crippen MR) is 111 cm³/mol. The molecule has 0 aliphatic carbocycles. The topological polar surface area (TPSA) is 234 Å². The minimum Gasteiger partial charge on any atom is -0.548 e. The van der Waals surface area contributed by atoms with Crippen molar-refractivity contribution in [1.29, 1.82) is 0 Å². The van der Waals surface area contributed by atoms with Crippen molar-refractivity contribution in [3.8, 4) is 0 Å². The Hall–Kier alpha value is -1.73. The summed E-state index contributed by atoms with van der Waals surface area (Å²) in [4.78, 5) is 38.7. The summed E-state index contributed by atoms with van der Waals surface area (Å²) in [5.74, 6) is -4.81. The van der Waals surface area contributed by atoms with Crippen molar-refractivity contribution >= 4 is 23.9 Å². The molecule has 0 bridgehead atoms. The number of carboxylic acid groups (broad SMARTS) is 4. The molecule has 0 unspecified atom stereocenters. The van der Waals surface area contributed by atoms with Crippen molar-refractivity contribution < 1.29 is 99.2 Å². The van der Waals surface area contributed by atoms with Crippen LogP contribution in [0.5, 0.6) is 0 Å². The quantitative estimate of drug-likeness (QED) is 0.0961. The molecule has 0 heterocycles. The van der Waals surface area contributed by atoms with E-state index in [2.05, 4.69) is 37.9 Å². The molecule has 0 aromatic heterocycles. The molecule has 0 saturated carbocycles. The van der Waals surface area contributed by atoms with Gasteiger partial charge in [-0.3, -0.25) is 0 Å². The van der Waals surface area contributed by atoms with Crippen molar-refractivity contribution in [2.75, 3.05) is 108 Å². The van der Waals surface area contributed by atoms with E-state index >= 15 is 0 Å². The summed E-state index contributed by atoms with van der Waals surface area (Å²) in [7, 11) is 6.06. The van der Waals surface area contributed by atoms with Crippen molar-refractivity contribution in [3.63, 3.8) is 0 Å². The Morgan fingerprint density at radius 1 is 0.405 bits per heavy atom. The zero-order valence-corrected chi connectivity index (χ0v) is 23.1. The second kappa shape index (κ2) is 41.4. The number of carbonyl (C=O) groups is 4. The minimum absolute atomic E-state index is 0. The molecule has 37 heavy (non-hydrogen) atoms. The molecular weight excluding hydrogens is 544 g/mol. The number of carbonyl (C=O) groups excluding carboxylic acids is 4. The standard InChI is InChI=1S/4C5H10O4.Ti/c4*1-8-2-3-9-4-5(6)7;/h4*2-4H2,1H3,(H,6,7);/q;;;;+4/p-4. The molecule has 0 spiro atoms. The third-order valence-electron chi connectivity index (χ3n) is 2.61. The van der Waals surface area contributed by atoms with E-state index in [1.165, 1.54) is 28.4 Å². The van der Waals surface area contributed by atoms with E-state index in [9.17, 15) is 39.6 Å². The first kappa shape index (κ1) is 45.2. The number of rotatable bonds is 20. The largest absolute Gasteiger partial charge is 4.00 e. The van der Waals surface area contributed by atoms with E-state index in [1.54, 1.807) is 0 Å². The SMILES string of the molecule is COCCOCC(=O)[O-].COCCOCC(=O)[O-].COCCOCC(=O)[O-].COCCOCC(=O)[O-].[Ti+4]. The van der Waals surface area contributed by atoms with Gasteiger partial charge in [0.1, 0.15) is 0 Å². The summed E-state index contributed by atoms with van der Waals surface area (Å²) in [5.41, 5.74) is 0. The molecule has 0 saturated heterocycles.